The van der Waals surface area contributed by atoms with Crippen LogP contribution in [0, 0.1) is 6.92 Å². The second kappa shape index (κ2) is 4.62. The van der Waals surface area contributed by atoms with Gasteiger partial charge >= 0.3 is 0 Å². The lowest BCUT2D eigenvalue weighted by Gasteiger charge is -2.23. The first kappa shape index (κ1) is 12.0. The predicted molar refractivity (Wildman–Crippen MR) is 69.8 cm³/mol. The average molecular weight is 274 g/mol. The molecule has 0 amide bonds. The molecule has 1 aliphatic carbocycles. The second-order valence-electron chi connectivity index (χ2n) is 5.64. The third-order valence-corrected chi connectivity index (χ3v) is 3.97. The van der Waals surface area contributed by atoms with Gasteiger partial charge in [0.1, 0.15) is 11.6 Å². The van der Waals surface area contributed by atoms with Crippen molar-refractivity contribution in [2.75, 3.05) is 0 Å². The highest BCUT2D eigenvalue weighted by Gasteiger charge is 2.28. The van der Waals surface area contributed by atoms with Gasteiger partial charge in [-0.1, -0.05) is 0 Å². The lowest BCUT2D eigenvalue weighted by molar-refractivity contribution is 0.351. The minimum Gasteiger partial charge on any atom is -0.305 e. The first-order valence-electron chi connectivity index (χ1n) is 7.20. The van der Waals surface area contributed by atoms with Gasteiger partial charge in [-0.3, -0.25) is 0 Å². The quantitative estimate of drug-likeness (QED) is 0.845. The molecule has 1 atom stereocenters. The Labute approximate surface area is 116 Å². The molecule has 0 saturated heterocycles. The lowest BCUT2D eigenvalue weighted by Crippen LogP contribution is -2.38. The number of nitrogens with zero attached hydrogens (tertiary/aromatic N) is 7. The molecule has 0 radical (unpaired) electrons. The summed E-state index contributed by atoms with van der Waals surface area (Å²) >= 11 is 0. The molecule has 1 N–H and O–H groups in total. The first-order valence-corrected chi connectivity index (χ1v) is 7.20. The molecule has 0 bridgehead atoms. The van der Waals surface area contributed by atoms with Gasteiger partial charge in [0.2, 0.25) is 0 Å². The monoisotopic (exact) mass is 274 g/mol. The summed E-state index contributed by atoms with van der Waals surface area (Å²) in [5, 5.41) is 19.9. The molecule has 20 heavy (non-hydrogen) atoms. The van der Waals surface area contributed by atoms with Crippen LogP contribution in [-0.4, -0.2) is 41.0 Å². The van der Waals surface area contributed by atoms with E-state index in [0.29, 0.717) is 12.1 Å². The molecular formula is C12H18N8. The average Bonchev–Trinajstić information content (AvgIpc) is 3.05. The van der Waals surface area contributed by atoms with E-state index in [2.05, 4.69) is 30.9 Å². The molecule has 4 rings (SSSR count). The van der Waals surface area contributed by atoms with Crippen molar-refractivity contribution in [3.05, 3.63) is 17.5 Å². The molecule has 3 heterocycles. The summed E-state index contributed by atoms with van der Waals surface area (Å²) in [5.41, 5.74) is 0. The van der Waals surface area contributed by atoms with Gasteiger partial charge in [-0.25, -0.2) is 14.3 Å². The van der Waals surface area contributed by atoms with Crippen LogP contribution < -0.4 is 5.32 Å². The van der Waals surface area contributed by atoms with Crippen LogP contribution in [-0.2, 0) is 19.5 Å². The van der Waals surface area contributed by atoms with Crippen molar-refractivity contribution in [1.29, 1.82) is 0 Å². The van der Waals surface area contributed by atoms with Crippen molar-refractivity contribution >= 4 is 0 Å². The van der Waals surface area contributed by atoms with Crippen LogP contribution in [0.4, 0.5) is 0 Å². The third kappa shape index (κ3) is 2.20. The fraction of sp³-hybridized carbons (Fsp3) is 0.750. The molecule has 2 aromatic heterocycles. The van der Waals surface area contributed by atoms with Crippen molar-refractivity contribution in [2.45, 2.75) is 57.8 Å². The molecule has 1 fully saturated rings. The third-order valence-electron chi connectivity index (χ3n) is 3.97. The number of hydrogen-bond acceptors (Lipinski definition) is 6. The number of tetrazole rings is 1. The fourth-order valence-corrected chi connectivity index (χ4v) is 2.77. The zero-order valence-electron chi connectivity index (χ0n) is 11.5. The number of aryl methyl sites for hydroxylation is 2. The minimum atomic E-state index is 0.410. The van der Waals surface area contributed by atoms with Crippen LogP contribution in [0.2, 0.25) is 0 Å². The Morgan fingerprint density at radius 1 is 1.30 bits per heavy atom. The molecular weight excluding hydrogens is 256 g/mol. The maximum absolute atomic E-state index is 4.43. The lowest BCUT2D eigenvalue weighted by atomic mass is 10.1. The van der Waals surface area contributed by atoms with Crippen LogP contribution in [0.3, 0.4) is 0 Å². The second-order valence-corrected chi connectivity index (χ2v) is 5.64. The first-order chi connectivity index (χ1) is 9.79. The van der Waals surface area contributed by atoms with Crippen molar-refractivity contribution in [2.24, 2.45) is 0 Å². The highest BCUT2D eigenvalue weighted by molar-refractivity contribution is 4.97. The zero-order valence-corrected chi connectivity index (χ0v) is 11.5. The van der Waals surface area contributed by atoms with Gasteiger partial charge in [0.25, 0.3) is 0 Å². The minimum absolute atomic E-state index is 0.410. The van der Waals surface area contributed by atoms with Gasteiger partial charge in [-0.05, 0) is 36.6 Å². The molecule has 106 valence electrons. The van der Waals surface area contributed by atoms with E-state index in [0.717, 1.165) is 43.4 Å². The SMILES string of the molecule is Cc1nc2n(n1)CC(NCc1nnnn1C1CC1)CC2. The largest absolute Gasteiger partial charge is 0.305 e. The van der Waals surface area contributed by atoms with E-state index >= 15 is 0 Å². The molecule has 8 heteroatoms. The standard InChI is InChI=1S/C12H18N8/c1-8-14-11-5-2-9(7-19(11)16-8)13-6-12-15-17-18-20(12)10-3-4-10/h9-10,13H,2-7H2,1H3. The molecule has 1 unspecified atom stereocenters. The Balaban J connectivity index is 1.39. The van der Waals surface area contributed by atoms with Gasteiger partial charge in [0, 0.05) is 12.5 Å². The van der Waals surface area contributed by atoms with Crippen LogP contribution in [0.15, 0.2) is 0 Å². The van der Waals surface area contributed by atoms with Gasteiger partial charge in [0.05, 0.1) is 19.1 Å². The Morgan fingerprint density at radius 2 is 2.20 bits per heavy atom. The van der Waals surface area contributed by atoms with Gasteiger partial charge < -0.3 is 5.32 Å². The number of fused-ring (bicyclic) bond motifs is 1. The van der Waals surface area contributed by atoms with Crippen molar-refractivity contribution in [1.82, 2.24) is 40.3 Å². The summed E-state index contributed by atoms with van der Waals surface area (Å²) < 4.78 is 3.97. The van der Waals surface area contributed by atoms with E-state index in [1.807, 2.05) is 16.3 Å². The number of nitrogens with one attached hydrogen (secondary N) is 1. The normalized spacial score (nSPS) is 21.9. The van der Waals surface area contributed by atoms with Crippen LogP contribution in [0.25, 0.3) is 0 Å². The van der Waals surface area contributed by atoms with Crippen molar-refractivity contribution in [3.63, 3.8) is 0 Å². The highest BCUT2D eigenvalue weighted by atomic mass is 15.6. The van der Waals surface area contributed by atoms with E-state index in [1.54, 1.807) is 0 Å². The molecule has 8 nitrogen and oxygen atoms in total. The number of aromatic nitrogens is 7. The van der Waals surface area contributed by atoms with E-state index < -0.39 is 0 Å². The Hall–Kier alpha value is -1.83. The van der Waals surface area contributed by atoms with Crippen LogP contribution in [0.5, 0.6) is 0 Å². The summed E-state index contributed by atoms with van der Waals surface area (Å²) in [6, 6.07) is 0.936. The molecule has 2 aliphatic rings. The fourth-order valence-electron chi connectivity index (χ4n) is 2.77. The van der Waals surface area contributed by atoms with E-state index in [-0.39, 0.29) is 0 Å². The van der Waals surface area contributed by atoms with Crippen LogP contribution >= 0.6 is 0 Å². The van der Waals surface area contributed by atoms with E-state index in [9.17, 15) is 0 Å². The van der Waals surface area contributed by atoms with Gasteiger partial charge in [0.15, 0.2) is 5.82 Å². The van der Waals surface area contributed by atoms with Gasteiger partial charge in [-0.15, -0.1) is 5.10 Å². The molecule has 1 saturated carbocycles. The predicted octanol–water partition coefficient (Wildman–Crippen LogP) is 0.0125. The summed E-state index contributed by atoms with van der Waals surface area (Å²) in [4.78, 5) is 4.43. The summed E-state index contributed by atoms with van der Waals surface area (Å²) in [6.07, 6.45) is 4.46. The summed E-state index contributed by atoms with van der Waals surface area (Å²) in [5.74, 6) is 2.90. The Morgan fingerprint density at radius 3 is 3.05 bits per heavy atom. The van der Waals surface area contributed by atoms with E-state index in [4.69, 9.17) is 0 Å². The molecule has 0 aromatic carbocycles. The Kier molecular flexibility index (Phi) is 2.76. The van der Waals surface area contributed by atoms with Crippen LogP contribution in [0.1, 0.15) is 42.8 Å². The van der Waals surface area contributed by atoms with Crippen molar-refractivity contribution in [3.8, 4) is 0 Å². The molecule has 1 aliphatic heterocycles. The summed E-state index contributed by atoms with van der Waals surface area (Å²) in [7, 11) is 0. The highest BCUT2D eigenvalue weighted by Crippen LogP contribution is 2.34. The summed E-state index contributed by atoms with van der Waals surface area (Å²) in [6.45, 7) is 3.54. The smallest absolute Gasteiger partial charge is 0.165 e. The molecule has 2 aromatic rings. The zero-order chi connectivity index (χ0) is 13.5. The Bertz CT molecular complexity index is 611. The number of hydrogen-bond donors (Lipinski definition) is 1. The van der Waals surface area contributed by atoms with Crippen molar-refractivity contribution < 1.29 is 0 Å². The molecule has 0 spiro atoms. The van der Waals surface area contributed by atoms with Gasteiger partial charge in [-0.2, -0.15) is 5.10 Å². The maximum Gasteiger partial charge on any atom is 0.165 e. The topological polar surface area (TPSA) is 86.3 Å². The maximum atomic E-state index is 4.43. The number of rotatable bonds is 4. The van der Waals surface area contributed by atoms with E-state index in [1.165, 1.54) is 12.8 Å².